The lowest BCUT2D eigenvalue weighted by molar-refractivity contribution is -0.137. The van der Waals surface area contributed by atoms with Crippen LogP contribution in [0.25, 0.3) is 0 Å². The zero-order valence-electron chi connectivity index (χ0n) is 11.8. The molecule has 3 N–H and O–H groups in total. The van der Waals surface area contributed by atoms with Crippen LogP contribution >= 0.6 is 11.6 Å². The van der Waals surface area contributed by atoms with Crippen LogP contribution in [-0.4, -0.2) is 12.5 Å². The molecule has 1 amide bonds. The average Bonchev–Trinajstić information content (AvgIpc) is 2.36. The number of nitrogens with one attached hydrogen (secondary N) is 1. The number of hydrogen-bond donors (Lipinski definition) is 2. The summed E-state index contributed by atoms with van der Waals surface area (Å²) < 4.78 is 38.8. The number of hydrogen-bond acceptors (Lipinski definition) is 2. The summed E-state index contributed by atoms with van der Waals surface area (Å²) in [4.78, 5) is 12.1. The molecule has 0 bridgehead atoms. The molecule has 0 aromatic heterocycles. The molecule has 0 saturated heterocycles. The molecule has 3 nitrogen and oxygen atoms in total. The molecular weight excluding hydrogens is 305 g/mol. The van der Waals surface area contributed by atoms with Crippen molar-refractivity contribution in [3.63, 3.8) is 0 Å². The Morgan fingerprint density at radius 3 is 2.48 bits per heavy atom. The van der Waals surface area contributed by atoms with Gasteiger partial charge in [-0.2, -0.15) is 13.2 Å². The van der Waals surface area contributed by atoms with Gasteiger partial charge < -0.3 is 11.1 Å². The zero-order valence-corrected chi connectivity index (χ0v) is 12.6. The van der Waals surface area contributed by atoms with Crippen LogP contribution in [-0.2, 0) is 11.0 Å². The molecule has 0 aliphatic carbocycles. The van der Waals surface area contributed by atoms with Gasteiger partial charge >= 0.3 is 6.18 Å². The predicted octanol–water partition coefficient (Wildman–Crippen LogP) is 3.92. The molecule has 0 heterocycles. The third-order valence-corrected chi connectivity index (χ3v) is 3.29. The van der Waals surface area contributed by atoms with Crippen molar-refractivity contribution in [2.24, 2.45) is 17.6 Å². The normalized spacial score (nSPS) is 13.3. The minimum Gasteiger partial charge on any atom is -0.330 e. The smallest absolute Gasteiger partial charge is 0.330 e. The number of benzene rings is 1. The first kappa shape index (κ1) is 17.8. The first-order chi connectivity index (χ1) is 9.66. The number of nitrogens with two attached hydrogens (primary N) is 1. The molecule has 1 rings (SSSR count). The largest absolute Gasteiger partial charge is 0.418 e. The number of rotatable bonds is 5. The van der Waals surface area contributed by atoms with Crippen molar-refractivity contribution in [3.8, 4) is 0 Å². The number of amides is 1. The number of carbonyl (C=O) groups excluding carboxylic acids is 1. The molecule has 7 heteroatoms. The molecule has 0 fully saturated rings. The summed E-state index contributed by atoms with van der Waals surface area (Å²) in [6.07, 6.45) is -4.10. The highest BCUT2D eigenvalue weighted by atomic mass is 35.5. The van der Waals surface area contributed by atoms with Gasteiger partial charge in [-0.15, -0.1) is 0 Å². The maximum absolute atomic E-state index is 12.9. The third kappa shape index (κ3) is 4.89. The second kappa shape index (κ2) is 7.13. The summed E-state index contributed by atoms with van der Waals surface area (Å²) in [5.74, 6) is -0.898. The van der Waals surface area contributed by atoms with E-state index >= 15 is 0 Å². The van der Waals surface area contributed by atoms with Crippen molar-refractivity contribution in [2.45, 2.75) is 26.4 Å². The summed E-state index contributed by atoms with van der Waals surface area (Å²) in [5.41, 5.74) is 4.13. The van der Waals surface area contributed by atoms with E-state index in [0.717, 1.165) is 6.07 Å². The highest BCUT2D eigenvalue weighted by molar-refractivity contribution is 6.34. The quantitative estimate of drug-likeness (QED) is 0.863. The van der Waals surface area contributed by atoms with Gasteiger partial charge in [0.15, 0.2) is 0 Å². The summed E-state index contributed by atoms with van der Waals surface area (Å²) in [7, 11) is 0. The Kier molecular flexibility index (Phi) is 6.04. The molecule has 0 saturated carbocycles. The Bertz CT molecular complexity index is 503. The maximum Gasteiger partial charge on any atom is 0.418 e. The van der Waals surface area contributed by atoms with Gasteiger partial charge in [-0.3, -0.25) is 4.79 Å². The number of para-hydroxylation sites is 1. The first-order valence-electron chi connectivity index (χ1n) is 6.53. The molecule has 1 atom stereocenters. The molecular formula is C14H18ClF3N2O. The third-order valence-electron chi connectivity index (χ3n) is 2.98. The predicted molar refractivity (Wildman–Crippen MR) is 77.1 cm³/mol. The van der Waals surface area contributed by atoms with E-state index in [0.29, 0.717) is 6.42 Å². The van der Waals surface area contributed by atoms with Crippen LogP contribution in [0.2, 0.25) is 5.02 Å². The van der Waals surface area contributed by atoms with E-state index in [1.807, 2.05) is 13.8 Å². The van der Waals surface area contributed by atoms with E-state index in [9.17, 15) is 18.0 Å². The Morgan fingerprint density at radius 2 is 2.00 bits per heavy atom. The van der Waals surface area contributed by atoms with E-state index in [4.69, 9.17) is 17.3 Å². The van der Waals surface area contributed by atoms with Crippen molar-refractivity contribution in [2.75, 3.05) is 11.9 Å². The topological polar surface area (TPSA) is 55.1 Å². The van der Waals surface area contributed by atoms with E-state index in [1.165, 1.54) is 12.1 Å². The van der Waals surface area contributed by atoms with E-state index < -0.39 is 29.3 Å². The Balaban J connectivity index is 3.04. The average molecular weight is 323 g/mol. The fraction of sp³-hybridized carbons (Fsp3) is 0.500. The van der Waals surface area contributed by atoms with Crippen LogP contribution in [0.5, 0.6) is 0 Å². The first-order valence-corrected chi connectivity index (χ1v) is 6.91. The van der Waals surface area contributed by atoms with Gasteiger partial charge in [0.05, 0.1) is 22.2 Å². The minimum atomic E-state index is -4.59. The second-order valence-corrected chi connectivity index (χ2v) is 5.62. The molecule has 1 aromatic rings. The van der Waals surface area contributed by atoms with E-state index in [2.05, 4.69) is 5.32 Å². The minimum absolute atomic E-state index is 0.0653. The van der Waals surface area contributed by atoms with Crippen LogP contribution in [0.4, 0.5) is 18.9 Å². The second-order valence-electron chi connectivity index (χ2n) is 5.21. The maximum atomic E-state index is 12.9. The fourth-order valence-corrected chi connectivity index (χ4v) is 2.21. The van der Waals surface area contributed by atoms with Gasteiger partial charge in [0.2, 0.25) is 5.91 Å². The fourth-order valence-electron chi connectivity index (χ4n) is 1.99. The number of halogens is 4. The van der Waals surface area contributed by atoms with Crippen molar-refractivity contribution in [1.82, 2.24) is 0 Å². The van der Waals surface area contributed by atoms with Crippen LogP contribution in [0.3, 0.4) is 0 Å². The van der Waals surface area contributed by atoms with Gasteiger partial charge in [0.1, 0.15) is 0 Å². The monoisotopic (exact) mass is 322 g/mol. The molecule has 21 heavy (non-hydrogen) atoms. The standard InChI is InChI=1S/C14H18ClF3N2O/c1-8(2)6-9(7-19)13(21)20-12-10(14(16,17)18)4-3-5-11(12)15/h3-5,8-9H,6-7,19H2,1-2H3,(H,20,21). The summed E-state index contributed by atoms with van der Waals surface area (Å²) in [5, 5.41) is 2.12. The van der Waals surface area contributed by atoms with Gasteiger partial charge in [-0.05, 0) is 24.5 Å². The lowest BCUT2D eigenvalue weighted by Gasteiger charge is -2.20. The molecule has 0 spiro atoms. The van der Waals surface area contributed by atoms with Crippen LogP contribution in [0.1, 0.15) is 25.8 Å². The van der Waals surface area contributed by atoms with Crippen LogP contribution in [0, 0.1) is 11.8 Å². The Morgan fingerprint density at radius 1 is 1.38 bits per heavy atom. The lowest BCUT2D eigenvalue weighted by Crippen LogP contribution is -2.31. The lowest BCUT2D eigenvalue weighted by atomic mass is 9.96. The molecule has 0 aliphatic heterocycles. The molecule has 1 unspecified atom stereocenters. The molecule has 0 radical (unpaired) electrons. The summed E-state index contributed by atoms with van der Waals surface area (Å²) >= 11 is 5.79. The van der Waals surface area contributed by atoms with Crippen LogP contribution in [0.15, 0.2) is 18.2 Å². The van der Waals surface area contributed by atoms with Gasteiger partial charge in [0, 0.05) is 6.54 Å². The van der Waals surface area contributed by atoms with Gasteiger partial charge in [-0.1, -0.05) is 31.5 Å². The van der Waals surface area contributed by atoms with Crippen molar-refractivity contribution >= 4 is 23.2 Å². The Labute approximate surface area is 126 Å². The highest BCUT2D eigenvalue weighted by Crippen LogP contribution is 2.38. The number of carbonyl (C=O) groups is 1. The zero-order chi connectivity index (χ0) is 16.2. The van der Waals surface area contributed by atoms with Crippen molar-refractivity contribution in [3.05, 3.63) is 28.8 Å². The van der Waals surface area contributed by atoms with Gasteiger partial charge in [0.25, 0.3) is 0 Å². The SMILES string of the molecule is CC(C)CC(CN)C(=O)Nc1c(Cl)cccc1C(F)(F)F. The number of anilines is 1. The number of alkyl halides is 3. The highest BCUT2D eigenvalue weighted by Gasteiger charge is 2.35. The molecule has 118 valence electrons. The van der Waals surface area contributed by atoms with Crippen molar-refractivity contribution < 1.29 is 18.0 Å². The molecule has 0 aliphatic rings. The summed E-state index contributed by atoms with van der Waals surface area (Å²) in [6, 6.07) is 3.36. The summed E-state index contributed by atoms with van der Waals surface area (Å²) in [6.45, 7) is 3.88. The molecule has 1 aromatic carbocycles. The van der Waals surface area contributed by atoms with Crippen LogP contribution < -0.4 is 11.1 Å². The van der Waals surface area contributed by atoms with Crippen molar-refractivity contribution in [1.29, 1.82) is 0 Å². The van der Waals surface area contributed by atoms with Gasteiger partial charge in [-0.25, -0.2) is 0 Å². The van der Waals surface area contributed by atoms with E-state index in [-0.39, 0.29) is 17.5 Å². The van der Waals surface area contributed by atoms with E-state index in [1.54, 1.807) is 0 Å². The Hall–Kier alpha value is -1.27.